The van der Waals surface area contributed by atoms with Gasteiger partial charge in [-0.05, 0) is 37.1 Å². The molecule has 0 fully saturated rings. The van der Waals surface area contributed by atoms with E-state index in [1.54, 1.807) is 0 Å². The predicted octanol–water partition coefficient (Wildman–Crippen LogP) is 0.725. The summed E-state index contributed by atoms with van der Waals surface area (Å²) in [6.45, 7) is 3.87. The standard InChI is InChI=1S/C12H13N3O2/c1-7-3-8(2)5-9(4-7)15-10(13)6-11(16)14-12(15)17/h3-6H,13H2,1-2H3,(H,14,16,17). The zero-order chi connectivity index (χ0) is 12.6. The van der Waals surface area contributed by atoms with Crippen LogP contribution >= 0.6 is 0 Å². The normalized spacial score (nSPS) is 10.5. The molecule has 0 saturated heterocycles. The van der Waals surface area contributed by atoms with Crippen LogP contribution in [0.1, 0.15) is 11.1 Å². The first kappa shape index (κ1) is 11.2. The summed E-state index contributed by atoms with van der Waals surface area (Å²) < 4.78 is 1.28. The van der Waals surface area contributed by atoms with E-state index < -0.39 is 11.2 Å². The molecule has 0 aliphatic carbocycles. The third-order valence-electron chi connectivity index (χ3n) is 2.44. The molecule has 1 aromatic carbocycles. The highest BCUT2D eigenvalue weighted by Crippen LogP contribution is 2.13. The average molecular weight is 231 g/mol. The summed E-state index contributed by atoms with van der Waals surface area (Å²) in [5.74, 6) is 0.128. The monoisotopic (exact) mass is 231 g/mol. The maximum absolute atomic E-state index is 11.7. The molecule has 3 N–H and O–H groups in total. The van der Waals surface area contributed by atoms with E-state index in [1.807, 2.05) is 32.0 Å². The summed E-state index contributed by atoms with van der Waals surface area (Å²) >= 11 is 0. The number of nitrogens with two attached hydrogens (primary N) is 1. The highest BCUT2D eigenvalue weighted by atomic mass is 16.2. The van der Waals surface area contributed by atoms with Gasteiger partial charge in [0.15, 0.2) is 0 Å². The molecule has 0 amide bonds. The number of nitrogens with zero attached hydrogens (tertiary/aromatic N) is 1. The van der Waals surface area contributed by atoms with Gasteiger partial charge in [0.05, 0.1) is 5.69 Å². The highest BCUT2D eigenvalue weighted by Gasteiger charge is 2.06. The number of aromatic amines is 1. The Labute approximate surface area is 97.5 Å². The van der Waals surface area contributed by atoms with Crippen LogP contribution in [-0.2, 0) is 0 Å². The molecule has 88 valence electrons. The molecule has 0 bridgehead atoms. The predicted molar refractivity (Wildman–Crippen MR) is 66.5 cm³/mol. The maximum atomic E-state index is 11.7. The lowest BCUT2D eigenvalue weighted by Gasteiger charge is -2.10. The molecule has 1 aromatic heterocycles. The van der Waals surface area contributed by atoms with Gasteiger partial charge in [0.25, 0.3) is 5.56 Å². The first-order valence-electron chi connectivity index (χ1n) is 5.18. The second kappa shape index (κ2) is 3.93. The molecule has 0 aliphatic rings. The Balaban J connectivity index is 2.77. The summed E-state index contributed by atoms with van der Waals surface area (Å²) in [4.78, 5) is 25.0. The summed E-state index contributed by atoms with van der Waals surface area (Å²) in [5.41, 5.74) is 7.38. The number of nitrogen functional groups attached to an aromatic ring is 1. The Morgan fingerprint density at radius 1 is 1.06 bits per heavy atom. The van der Waals surface area contributed by atoms with Crippen LogP contribution < -0.4 is 17.0 Å². The maximum Gasteiger partial charge on any atom is 0.334 e. The second-order valence-electron chi connectivity index (χ2n) is 4.04. The minimum absolute atomic E-state index is 0.128. The van der Waals surface area contributed by atoms with Crippen molar-refractivity contribution in [3.63, 3.8) is 0 Å². The fourth-order valence-electron chi connectivity index (χ4n) is 1.86. The van der Waals surface area contributed by atoms with E-state index in [9.17, 15) is 9.59 Å². The first-order chi connectivity index (χ1) is 7.97. The largest absolute Gasteiger partial charge is 0.385 e. The number of hydrogen-bond acceptors (Lipinski definition) is 3. The Hall–Kier alpha value is -2.30. The highest BCUT2D eigenvalue weighted by molar-refractivity contribution is 5.45. The van der Waals surface area contributed by atoms with Gasteiger partial charge in [-0.1, -0.05) is 6.07 Å². The van der Waals surface area contributed by atoms with E-state index in [-0.39, 0.29) is 5.82 Å². The van der Waals surface area contributed by atoms with Crippen molar-refractivity contribution in [1.82, 2.24) is 9.55 Å². The van der Waals surface area contributed by atoms with Crippen LogP contribution in [0.15, 0.2) is 33.9 Å². The summed E-state index contributed by atoms with van der Waals surface area (Å²) in [6, 6.07) is 6.86. The van der Waals surface area contributed by atoms with Crippen LogP contribution in [0.3, 0.4) is 0 Å². The molecule has 5 nitrogen and oxygen atoms in total. The lowest BCUT2D eigenvalue weighted by molar-refractivity contribution is 0.906. The molecule has 1 heterocycles. The van der Waals surface area contributed by atoms with Crippen molar-refractivity contribution >= 4 is 5.82 Å². The zero-order valence-corrected chi connectivity index (χ0v) is 9.65. The molecule has 5 heteroatoms. The van der Waals surface area contributed by atoms with Gasteiger partial charge in [0.1, 0.15) is 5.82 Å². The molecule has 2 rings (SSSR count). The number of benzene rings is 1. The Morgan fingerprint density at radius 2 is 1.65 bits per heavy atom. The van der Waals surface area contributed by atoms with Gasteiger partial charge in [0.2, 0.25) is 0 Å². The lowest BCUT2D eigenvalue weighted by Crippen LogP contribution is -2.30. The fraction of sp³-hybridized carbons (Fsp3) is 0.167. The Bertz CT molecular complexity index is 663. The molecule has 0 aliphatic heterocycles. The summed E-state index contributed by atoms with van der Waals surface area (Å²) in [7, 11) is 0. The van der Waals surface area contributed by atoms with Gasteiger partial charge in [-0.25, -0.2) is 9.36 Å². The number of anilines is 1. The van der Waals surface area contributed by atoms with Gasteiger partial charge in [0, 0.05) is 6.07 Å². The molecule has 2 aromatic rings. The molecule has 0 radical (unpaired) electrons. The van der Waals surface area contributed by atoms with Crippen LogP contribution in [0.5, 0.6) is 0 Å². The van der Waals surface area contributed by atoms with Crippen molar-refractivity contribution in [2.24, 2.45) is 0 Å². The SMILES string of the molecule is Cc1cc(C)cc(-n2c(N)cc(=O)[nH]c2=O)c1. The number of aryl methyl sites for hydroxylation is 2. The number of nitrogens with one attached hydrogen (secondary N) is 1. The van der Waals surface area contributed by atoms with E-state index >= 15 is 0 Å². The third-order valence-corrected chi connectivity index (χ3v) is 2.44. The average Bonchev–Trinajstić information content (AvgIpc) is 2.13. The van der Waals surface area contributed by atoms with Crippen molar-refractivity contribution in [3.8, 4) is 5.69 Å². The first-order valence-corrected chi connectivity index (χ1v) is 5.18. The van der Waals surface area contributed by atoms with Gasteiger partial charge in [-0.3, -0.25) is 9.78 Å². The van der Waals surface area contributed by atoms with Crippen LogP contribution in [0, 0.1) is 13.8 Å². The minimum Gasteiger partial charge on any atom is -0.385 e. The topological polar surface area (TPSA) is 80.9 Å². The smallest absolute Gasteiger partial charge is 0.334 e. The number of rotatable bonds is 1. The number of hydrogen-bond donors (Lipinski definition) is 2. The quantitative estimate of drug-likeness (QED) is 0.759. The molecule has 17 heavy (non-hydrogen) atoms. The molecular weight excluding hydrogens is 218 g/mol. The van der Waals surface area contributed by atoms with E-state index in [4.69, 9.17) is 5.73 Å². The molecule has 0 spiro atoms. The van der Waals surface area contributed by atoms with Crippen LogP contribution in [0.4, 0.5) is 5.82 Å². The van der Waals surface area contributed by atoms with Crippen molar-refractivity contribution in [1.29, 1.82) is 0 Å². The van der Waals surface area contributed by atoms with Crippen molar-refractivity contribution in [2.45, 2.75) is 13.8 Å². The van der Waals surface area contributed by atoms with Gasteiger partial charge in [-0.2, -0.15) is 0 Å². The minimum atomic E-state index is -0.528. The fourth-order valence-corrected chi connectivity index (χ4v) is 1.86. The number of H-pyrrole nitrogens is 1. The summed E-state index contributed by atoms with van der Waals surface area (Å²) in [5, 5.41) is 0. The van der Waals surface area contributed by atoms with Crippen LogP contribution in [-0.4, -0.2) is 9.55 Å². The third kappa shape index (κ3) is 2.13. The van der Waals surface area contributed by atoms with E-state index in [0.717, 1.165) is 11.1 Å². The number of aromatic nitrogens is 2. The van der Waals surface area contributed by atoms with E-state index in [0.29, 0.717) is 5.69 Å². The van der Waals surface area contributed by atoms with E-state index in [1.165, 1.54) is 10.6 Å². The molecular formula is C12H13N3O2. The Kier molecular flexibility index (Phi) is 2.59. The lowest BCUT2D eigenvalue weighted by atomic mass is 10.1. The summed E-state index contributed by atoms with van der Waals surface area (Å²) in [6.07, 6.45) is 0. The van der Waals surface area contributed by atoms with E-state index in [2.05, 4.69) is 4.98 Å². The van der Waals surface area contributed by atoms with Crippen LogP contribution in [0.2, 0.25) is 0 Å². The zero-order valence-electron chi connectivity index (χ0n) is 9.65. The Morgan fingerprint density at radius 3 is 2.18 bits per heavy atom. The van der Waals surface area contributed by atoms with Crippen molar-refractivity contribution in [2.75, 3.05) is 5.73 Å². The van der Waals surface area contributed by atoms with Gasteiger partial charge >= 0.3 is 5.69 Å². The molecule has 0 unspecified atom stereocenters. The van der Waals surface area contributed by atoms with Gasteiger partial charge in [-0.15, -0.1) is 0 Å². The molecule has 0 atom stereocenters. The second-order valence-corrected chi connectivity index (χ2v) is 4.04. The van der Waals surface area contributed by atoms with Crippen molar-refractivity contribution < 1.29 is 0 Å². The van der Waals surface area contributed by atoms with Crippen LogP contribution in [0.25, 0.3) is 5.69 Å². The van der Waals surface area contributed by atoms with Crippen molar-refractivity contribution in [3.05, 3.63) is 56.2 Å². The molecule has 0 saturated carbocycles. The van der Waals surface area contributed by atoms with Gasteiger partial charge < -0.3 is 5.73 Å².